The van der Waals surface area contributed by atoms with Gasteiger partial charge in [0.2, 0.25) is 0 Å². The first-order valence-corrected chi connectivity index (χ1v) is 6.55. The van der Waals surface area contributed by atoms with Gasteiger partial charge in [-0.15, -0.1) is 0 Å². The molecule has 0 atom stereocenters. The molecule has 1 aliphatic carbocycles. The van der Waals surface area contributed by atoms with E-state index in [1.165, 1.54) is 20.0 Å². The van der Waals surface area contributed by atoms with Crippen molar-refractivity contribution >= 4 is 11.9 Å². The van der Waals surface area contributed by atoms with Crippen LogP contribution in [0.15, 0.2) is 0 Å². The van der Waals surface area contributed by atoms with Crippen LogP contribution in [0, 0.1) is 5.41 Å². The Morgan fingerprint density at radius 1 is 1.17 bits per heavy atom. The van der Waals surface area contributed by atoms with Gasteiger partial charge < -0.3 is 9.47 Å². The van der Waals surface area contributed by atoms with Crippen LogP contribution < -0.4 is 0 Å². The molecule has 1 saturated carbocycles. The number of hydrogen-bond acceptors (Lipinski definition) is 4. The van der Waals surface area contributed by atoms with Crippen molar-refractivity contribution in [1.29, 1.82) is 0 Å². The number of carbonyl (C=O) groups is 2. The number of rotatable bonds is 7. The largest absolute Gasteiger partial charge is 0.469 e. The van der Waals surface area contributed by atoms with Gasteiger partial charge >= 0.3 is 11.9 Å². The Bertz CT molecular complexity index is 316. The van der Waals surface area contributed by atoms with Crippen LogP contribution >= 0.6 is 0 Å². The summed E-state index contributed by atoms with van der Waals surface area (Å²) in [7, 11) is 1.31. The minimum atomic E-state index is -0.446. The summed E-state index contributed by atoms with van der Waals surface area (Å²) in [6.45, 7) is 6.12. The van der Waals surface area contributed by atoms with Gasteiger partial charge in [-0.2, -0.15) is 0 Å². The lowest BCUT2D eigenvalue weighted by Gasteiger charge is -2.26. The van der Waals surface area contributed by atoms with Gasteiger partial charge in [-0.1, -0.05) is 6.92 Å². The van der Waals surface area contributed by atoms with Gasteiger partial charge in [0, 0.05) is 0 Å². The summed E-state index contributed by atoms with van der Waals surface area (Å²) < 4.78 is 9.89. The van der Waals surface area contributed by atoms with Crippen LogP contribution in [0.25, 0.3) is 0 Å². The molecule has 1 rings (SSSR count). The van der Waals surface area contributed by atoms with E-state index in [0.717, 1.165) is 12.8 Å². The molecule has 0 heterocycles. The lowest BCUT2D eigenvalue weighted by molar-refractivity contribution is -0.159. The summed E-state index contributed by atoms with van der Waals surface area (Å²) in [5, 5.41) is 0. The van der Waals surface area contributed by atoms with E-state index in [0.29, 0.717) is 5.41 Å². The van der Waals surface area contributed by atoms with Gasteiger partial charge in [0.15, 0.2) is 0 Å². The summed E-state index contributed by atoms with van der Waals surface area (Å²) in [5.74, 6) is -0.707. The Balaban J connectivity index is 2.25. The Kier molecular flexibility index (Phi) is 4.77. The quantitative estimate of drug-likeness (QED) is 0.657. The number of ether oxygens (including phenoxy) is 2. The summed E-state index contributed by atoms with van der Waals surface area (Å²) >= 11 is 0. The van der Waals surface area contributed by atoms with Gasteiger partial charge in [0.05, 0.1) is 20.0 Å². The van der Waals surface area contributed by atoms with E-state index >= 15 is 0 Å². The van der Waals surface area contributed by atoms with Gasteiger partial charge in [-0.05, 0) is 44.9 Å². The normalized spacial score (nSPS) is 17.1. The van der Waals surface area contributed by atoms with Crippen LogP contribution in [0.1, 0.15) is 59.3 Å². The Labute approximate surface area is 109 Å². The highest BCUT2D eigenvalue weighted by molar-refractivity contribution is 5.77. The summed E-state index contributed by atoms with van der Waals surface area (Å²) in [6, 6.07) is 0. The third kappa shape index (κ3) is 5.52. The molecule has 0 saturated heterocycles. The van der Waals surface area contributed by atoms with Crippen LogP contribution in [-0.4, -0.2) is 24.6 Å². The van der Waals surface area contributed by atoms with Crippen molar-refractivity contribution in [1.82, 2.24) is 0 Å². The first-order chi connectivity index (χ1) is 8.26. The van der Waals surface area contributed by atoms with Crippen molar-refractivity contribution in [2.45, 2.75) is 64.9 Å². The maximum atomic E-state index is 11.6. The van der Waals surface area contributed by atoms with Crippen LogP contribution in [0.5, 0.6) is 0 Å². The molecule has 0 spiro atoms. The fourth-order valence-electron chi connectivity index (χ4n) is 1.78. The molecule has 0 bridgehead atoms. The van der Waals surface area contributed by atoms with Crippen LogP contribution in [-0.2, 0) is 19.1 Å². The second-order valence-electron chi connectivity index (χ2n) is 6.12. The fraction of sp³-hybridized carbons (Fsp3) is 0.857. The minimum Gasteiger partial charge on any atom is -0.469 e. The molecular formula is C14H24O4. The highest BCUT2D eigenvalue weighted by Gasteiger charge is 2.38. The van der Waals surface area contributed by atoms with E-state index in [1.54, 1.807) is 0 Å². The van der Waals surface area contributed by atoms with Crippen LogP contribution in [0.4, 0.5) is 0 Å². The molecule has 4 nitrogen and oxygen atoms in total. The zero-order valence-corrected chi connectivity index (χ0v) is 11.9. The first-order valence-electron chi connectivity index (χ1n) is 6.55. The molecular weight excluding hydrogens is 232 g/mol. The predicted octanol–water partition coefficient (Wildman–Crippen LogP) is 2.84. The van der Waals surface area contributed by atoms with E-state index in [1.807, 2.05) is 13.8 Å². The van der Waals surface area contributed by atoms with E-state index in [-0.39, 0.29) is 24.8 Å². The molecule has 1 aliphatic rings. The maximum Gasteiger partial charge on any atom is 0.306 e. The smallest absolute Gasteiger partial charge is 0.306 e. The van der Waals surface area contributed by atoms with Crippen LogP contribution in [0.3, 0.4) is 0 Å². The summed E-state index contributed by atoms with van der Waals surface area (Å²) in [6.07, 6.45) is 4.69. The minimum absolute atomic E-state index is 0.0864. The van der Waals surface area contributed by atoms with Crippen molar-refractivity contribution in [2.75, 3.05) is 7.11 Å². The second kappa shape index (κ2) is 5.72. The molecule has 4 heteroatoms. The van der Waals surface area contributed by atoms with Gasteiger partial charge in [-0.25, -0.2) is 0 Å². The Morgan fingerprint density at radius 3 is 2.22 bits per heavy atom. The molecule has 0 aromatic rings. The Hall–Kier alpha value is -1.06. The lowest BCUT2D eigenvalue weighted by Crippen LogP contribution is -2.29. The molecule has 0 radical (unpaired) electrons. The van der Waals surface area contributed by atoms with Crippen molar-refractivity contribution < 1.29 is 19.1 Å². The molecule has 1 fully saturated rings. The number of esters is 2. The maximum absolute atomic E-state index is 11.6. The molecule has 104 valence electrons. The van der Waals surface area contributed by atoms with E-state index < -0.39 is 5.60 Å². The molecule has 0 N–H and O–H groups in total. The second-order valence-corrected chi connectivity index (χ2v) is 6.12. The van der Waals surface area contributed by atoms with Crippen molar-refractivity contribution in [2.24, 2.45) is 5.41 Å². The highest BCUT2D eigenvalue weighted by Crippen LogP contribution is 2.49. The topological polar surface area (TPSA) is 52.6 Å². The Morgan fingerprint density at radius 2 is 1.72 bits per heavy atom. The molecule has 0 aliphatic heterocycles. The molecule has 18 heavy (non-hydrogen) atoms. The summed E-state index contributed by atoms with van der Waals surface area (Å²) in [5.41, 5.74) is 0.0223. The molecule has 0 aromatic heterocycles. The lowest BCUT2D eigenvalue weighted by atomic mass is 9.94. The average molecular weight is 256 g/mol. The van der Waals surface area contributed by atoms with Crippen molar-refractivity contribution in [3.63, 3.8) is 0 Å². The monoisotopic (exact) mass is 256 g/mol. The number of carbonyl (C=O) groups excluding carboxylic acids is 2. The van der Waals surface area contributed by atoms with E-state index in [9.17, 15) is 9.59 Å². The first kappa shape index (κ1) is 15.0. The van der Waals surface area contributed by atoms with Crippen molar-refractivity contribution in [3.05, 3.63) is 0 Å². The predicted molar refractivity (Wildman–Crippen MR) is 68.0 cm³/mol. The van der Waals surface area contributed by atoms with E-state index in [4.69, 9.17) is 4.74 Å². The van der Waals surface area contributed by atoms with Crippen molar-refractivity contribution in [3.8, 4) is 0 Å². The molecule has 0 aromatic carbocycles. The average Bonchev–Trinajstić information content (AvgIpc) is 3.02. The van der Waals surface area contributed by atoms with Gasteiger partial charge in [0.1, 0.15) is 5.60 Å². The zero-order valence-electron chi connectivity index (χ0n) is 11.9. The van der Waals surface area contributed by atoms with Crippen LogP contribution in [0.2, 0.25) is 0 Å². The fourth-order valence-corrected chi connectivity index (χ4v) is 1.78. The van der Waals surface area contributed by atoms with Gasteiger partial charge in [0.25, 0.3) is 0 Å². The van der Waals surface area contributed by atoms with Gasteiger partial charge in [-0.3, -0.25) is 9.59 Å². The standard InChI is InChI=1S/C14H24O4/c1-13(2,7-8-14(3)9-10-14)18-12(16)6-5-11(15)17-4/h5-10H2,1-4H3. The summed E-state index contributed by atoms with van der Waals surface area (Å²) in [4.78, 5) is 22.5. The molecule has 0 amide bonds. The third-order valence-corrected chi connectivity index (χ3v) is 3.59. The number of methoxy groups -OCH3 is 1. The SMILES string of the molecule is COC(=O)CCC(=O)OC(C)(C)CCC1(C)CC1. The van der Waals surface area contributed by atoms with E-state index in [2.05, 4.69) is 11.7 Å². The zero-order chi connectivity index (χ0) is 13.8. The highest BCUT2D eigenvalue weighted by atomic mass is 16.6. The third-order valence-electron chi connectivity index (χ3n) is 3.59. The number of hydrogen-bond donors (Lipinski definition) is 0. The molecule has 0 unspecified atom stereocenters.